The summed E-state index contributed by atoms with van der Waals surface area (Å²) >= 11 is 0. The van der Waals surface area contributed by atoms with Crippen LogP contribution in [0.25, 0.3) is 0 Å². The maximum Gasteiger partial charge on any atom is 0.0208 e. The SMILES string of the molecule is CC1(CNCc2cccc3c2CCNC3)CCCCC1. The Morgan fingerprint density at radius 3 is 2.90 bits per heavy atom. The minimum Gasteiger partial charge on any atom is -0.312 e. The first-order valence-electron chi connectivity index (χ1n) is 8.28. The van der Waals surface area contributed by atoms with Crippen molar-refractivity contribution >= 4 is 0 Å². The number of rotatable bonds is 4. The van der Waals surface area contributed by atoms with Gasteiger partial charge in [0.2, 0.25) is 0 Å². The van der Waals surface area contributed by atoms with Crippen LogP contribution in [0.2, 0.25) is 0 Å². The number of fused-ring (bicyclic) bond motifs is 1. The molecule has 0 atom stereocenters. The molecule has 2 aliphatic rings. The maximum atomic E-state index is 3.74. The van der Waals surface area contributed by atoms with Gasteiger partial charge in [0.25, 0.3) is 0 Å². The van der Waals surface area contributed by atoms with E-state index in [9.17, 15) is 0 Å². The molecule has 0 bridgehead atoms. The zero-order chi connectivity index (χ0) is 13.8. The van der Waals surface area contributed by atoms with Crippen LogP contribution in [0, 0.1) is 5.41 Å². The van der Waals surface area contributed by atoms with Crippen LogP contribution in [-0.4, -0.2) is 13.1 Å². The highest BCUT2D eigenvalue weighted by Crippen LogP contribution is 2.35. The van der Waals surface area contributed by atoms with Crippen molar-refractivity contribution in [1.82, 2.24) is 10.6 Å². The molecule has 110 valence electrons. The Balaban J connectivity index is 1.58. The number of hydrogen-bond donors (Lipinski definition) is 2. The lowest BCUT2D eigenvalue weighted by Gasteiger charge is -2.34. The molecule has 3 rings (SSSR count). The van der Waals surface area contributed by atoms with E-state index >= 15 is 0 Å². The van der Waals surface area contributed by atoms with Gasteiger partial charge < -0.3 is 10.6 Å². The van der Waals surface area contributed by atoms with E-state index < -0.39 is 0 Å². The van der Waals surface area contributed by atoms with Crippen molar-refractivity contribution < 1.29 is 0 Å². The second-order valence-electron chi connectivity index (χ2n) is 6.96. The molecule has 0 spiro atoms. The molecule has 1 aliphatic heterocycles. The molecule has 2 heteroatoms. The molecule has 0 amide bonds. The highest BCUT2D eigenvalue weighted by Gasteiger charge is 2.26. The minimum atomic E-state index is 0.536. The zero-order valence-corrected chi connectivity index (χ0v) is 12.8. The van der Waals surface area contributed by atoms with Gasteiger partial charge in [0.15, 0.2) is 0 Å². The maximum absolute atomic E-state index is 3.74. The van der Waals surface area contributed by atoms with E-state index in [1.807, 2.05) is 0 Å². The molecule has 0 aromatic heterocycles. The van der Waals surface area contributed by atoms with Crippen LogP contribution in [0.15, 0.2) is 18.2 Å². The number of hydrogen-bond acceptors (Lipinski definition) is 2. The summed E-state index contributed by atoms with van der Waals surface area (Å²) in [6.45, 7) is 6.85. The molecule has 20 heavy (non-hydrogen) atoms. The largest absolute Gasteiger partial charge is 0.312 e. The Kier molecular flexibility index (Phi) is 4.42. The highest BCUT2D eigenvalue weighted by atomic mass is 14.9. The van der Waals surface area contributed by atoms with Crippen LogP contribution in [0.4, 0.5) is 0 Å². The molecule has 0 saturated heterocycles. The van der Waals surface area contributed by atoms with E-state index in [2.05, 4.69) is 35.8 Å². The van der Waals surface area contributed by atoms with E-state index in [0.717, 1.165) is 19.6 Å². The van der Waals surface area contributed by atoms with Gasteiger partial charge in [-0.05, 0) is 47.9 Å². The van der Waals surface area contributed by atoms with Gasteiger partial charge in [-0.2, -0.15) is 0 Å². The Labute approximate surface area is 123 Å². The fourth-order valence-electron chi connectivity index (χ4n) is 3.86. The fraction of sp³-hybridized carbons (Fsp3) is 0.667. The van der Waals surface area contributed by atoms with E-state index in [1.54, 1.807) is 5.56 Å². The van der Waals surface area contributed by atoms with Crippen molar-refractivity contribution in [2.24, 2.45) is 5.41 Å². The second kappa shape index (κ2) is 6.28. The van der Waals surface area contributed by atoms with Gasteiger partial charge in [-0.3, -0.25) is 0 Å². The Bertz CT molecular complexity index is 447. The third-order valence-electron chi connectivity index (χ3n) is 5.17. The summed E-state index contributed by atoms with van der Waals surface area (Å²) in [5, 5.41) is 7.20. The Morgan fingerprint density at radius 2 is 2.05 bits per heavy atom. The summed E-state index contributed by atoms with van der Waals surface area (Å²) in [7, 11) is 0. The molecule has 2 N–H and O–H groups in total. The zero-order valence-electron chi connectivity index (χ0n) is 12.8. The standard InChI is InChI=1S/C18H28N2/c1-18(9-3-2-4-10-18)14-20-13-16-7-5-6-15-12-19-11-8-17(15)16/h5-7,19-20H,2-4,8-14H2,1H3. The van der Waals surface area contributed by atoms with Crippen LogP contribution in [-0.2, 0) is 19.5 Å². The fourth-order valence-corrected chi connectivity index (χ4v) is 3.86. The Morgan fingerprint density at radius 1 is 1.20 bits per heavy atom. The van der Waals surface area contributed by atoms with Crippen molar-refractivity contribution in [2.75, 3.05) is 13.1 Å². The molecule has 1 aromatic rings. The van der Waals surface area contributed by atoms with Crippen molar-refractivity contribution in [3.05, 3.63) is 34.9 Å². The molecule has 2 nitrogen and oxygen atoms in total. The summed E-state index contributed by atoms with van der Waals surface area (Å²) in [4.78, 5) is 0. The summed E-state index contributed by atoms with van der Waals surface area (Å²) < 4.78 is 0. The minimum absolute atomic E-state index is 0.536. The predicted molar refractivity (Wildman–Crippen MR) is 84.8 cm³/mol. The van der Waals surface area contributed by atoms with Gasteiger partial charge in [-0.1, -0.05) is 44.4 Å². The molecular weight excluding hydrogens is 244 g/mol. The predicted octanol–water partition coefficient (Wildman–Crippen LogP) is 3.39. The summed E-state index contributed by atoms with van der Waals surface area (Å²) in [5.74, 6) is 0. The van der Waals surface area contributed by atoms with Crippen LogP contribution in [0.1, 0.15) is 55.7 Å². The van der Waals surface area contributed by atoms with Crippen molar-refractivity contribution in [3.63, 3.8) is 0 Å². The molecule has 1 fully saturated rings. The van der Waals surface area contributed by atoms with Crippen molar-refractivity contribution in [2.45, 2.75) is 58.5 Å². The molecule has 1 saturated carbocycles. The molecule has 0 unspecified atom stereocenters. The topological polar surface area (TPSA) is 24.1 Å². The van der Waals surface area contributed by atoms with Crippen molar-refractivity contribution in [1.29, 1.82) is 0 Å². The highest BCUT2D eigenvalue weighted by molar-refractivity contribution is 5.36. The Hall–Kier alpha value is -0.860. The van der Waals surface area contributed by atoms with Gasteiger partial charge in [0.1, 0.15) is 0 Å². The van der Waals surface area contributed by atoms with Gasteiger partial charge in [-0.25, -0.2) is 0 Å². The first-order chi connectivity index (χ1) is 9.77. The summed E-state index contributed by atoms with van der Waals surface area (Å²) in [6.07, 6.45) is 8.27. The van der Waals surface area contributed by atoms with Gasteiger partial charge >= 0.3 is 0 Å². The first kappa shape index (κ1) is 14.1. The van der Waals surface area contributed by atoms with E-state index in [0.29, 0.717) is 5.41 Å². The smallest absolute Gasteiger partial charge is 0.0208 e. The summed E-state index contributed by atoms with van der Waals surface area (Å²) in [6, 6.07) is 6.79. The lowest BCUT2D eigenvalue weighted by molar-refractivity contribution is 0.207. The molecule has 0 radical (unpaired) electrons. The van der Waals surface area contributed by atoms with Crippen LogP contribution in [0.5, 0.6) is 0 Å². The van der Waals surface area contributed by atoms with Gasteiger partial charge in [0.05, 0.1) is 0 Å². The molecule has 1 aliphatic carbocycles. The van der Waals surface area contributed by atoms with Crippen LogP contribution >= 0.6 is 0 Å². The normalized spacial score (nSPS) is 21.4. The lowest BCUT2D eigenvalue weighted by Crippen LogP contribution is -2.34. The van der Waals surface area contributed by atoms with E-state index in [4.69, 9.17) is 0 Å². The van der Waals surface area contributed by atoms with Crippen molar-refractivity contribution in [3.8, 4) is 0 Å². The lowest BCUT2D eigenvalue weighted by atomic mass is 9.76. The van der Waals surface area contributed by atoms with Crippen LogP contribution in [0.3, 0.4) is 0 Å². The monoisotopic (exact) mass is 272 g/mol. The second-order valence-corrected chi connectivity index (χ2v) is 6.96. The summed E-state index contributed by atoms with van der Waals surface area (Å²) in [5.41, 5.74) is 5.14. The molecule has 1 heterocycles. The van der Waals surface area contributed by atoms with Gasteiger partial charge in [-0.15, -0.1) is 0 Å². The van der Waals surface area contributed by atoms with Crippen LogP contribution < -0.4 is 10.6 Å². The molecule has 1 aromatic carbocycles. The quantitative estimate of drug-likeness (QED) is 0.878. The number of benzene rings is 1. The van der Waals surface area contributed by atoms with Gasteiger partial charge in [0, 0.05) is 19.6 Å². The third kappa shape index (κ3) is 3.24. The van der Waals surface area contributed by atoms with E-state index in [-0.39, 0.29) is 0 Å². The molecular formula is C18H28N2. The first-order valence-corrected chi connectivity index (χ1v) is 8.28. The average molecular weight is 272 g/mol. The number of nitrogens with one attached hydrogen (secondary N) is 2. The third-order valence-corrected chi connectivity index (χ3v) is 5.17. The average Bonchev–Trinajstić information content (AvgIpc) is 2.48. The van der Waals surface area contributed by atoms with E-state index in [1.165, 1.54) is 56.2 Å².